The third kappa shape index (κ3) is 5.76. The molecule has 8 heteroatoms. The van der Waals surface area contributed by atoms with E-state index in [2.05, 4.69) is 40.8 Å². The van der Waals surface area contributed by atoms with Crippen LogP contribution in [0.15, 0.2) is 77.7 Å². The highest BCUT2D eigenvalue weighted by Gasteiger charge is 2.23. The highest BCUT2D eigenvalue weighted by molar-refractivity contribution is 7.92. The lowest BCUT2D eigenvalue weighted by molar-refractivity contribution is 0.0628. The number of hydrogen-bond acceptors (Lipinski definition) is 5. The molecule has 1 aliphatic heterocycles. The molecular formula is C26H29N3O4S. The van der Waals surface area contributed by atoms with Gasteiger partial charge in [0, 0.05) is 44.0 Å². The van der Waals surface area contributed by atoms with Gasteiger partial charge in [0.25, 0.3) is 15.9 Å². The molecule has 3 aromatic carbocycles. The Labute approximate surface area is 201 Å². The molecule has 0 spiro atoms. The van der Waals surface area contributed by atoms with Gasteiger partial charge in [0.15, 0.2) is 0 Å². The lowest BCUT2D eigenvalue weighted by atomic mass is 10.1. The Balaban J connectivity index is 1.34. The first-order valence-electron chi connectivity index (χ1n) is 11.2. The molecule has 1 heterocycles. The van der Waals surface area contributed by atoms with E-state index in [1.165, 1.54) is 23.3 Å². The van der Waals surface area contributed by atoms with E-state index in [0.29, 0.717) is 30.1 Å². The van der Waals surface area contributed by atoms with Crippen LogP contribution in [0.5, 0.6) is 5.75 Å². The maximum absolute atomic E-state index is 13.0. The van der Waals surface area contributed by atoms with Gasteiger partial charge in [-0.25, -0.2) is 8.42 Å². The molecule has 0 atom stereocenters. The van der Waals surface area contributed by atoms with Crippen LogP contribution in [0, 0.1) is 6.92 Å². The van der Waals surface area contributed by atoms with E-state index in [9.17, 15) is 13.2 Å². The third-order valence-electron chi connectivity index (χ3n) is 5.90. The number of methoxy groups -OCH3 is 1. The molecule has 0 saturated carbocycles. The van der Waals surface area contributed by atoms with E-state index >= 15 is 0 Å². The summed E-state index contributed by atoms with van der Waals surface area (Å²) >= 11 is 0. The van der Waals surface area contributed by atoms with Crippen molar-refractivity contribution in [2.75, 3.05) is 38.0 Å². The fraction of sp³-hybridized carbons (Fsp3) is 0.269. The van der Waals surface area contributed by atoms with Gasteiger partial charge in [0.1, 0.15) is 5.75 Å². The van der Waals surface area contributed by atoms with Gasteiger partial charge in [-0.05, 0) is 61.0 Å². The third-order valence-corrected chi connectivity index (χ3v) is 7.30. The number of anilines is 1. The number of hydrogen-bond donors (Lipinski definition) is 1. The molecule has 4 rings (SSSR count). The van der Waals surface area contributed by atoms with Crippen molar-refractivity contribution in [3.05, 3.63) is 89.5 Å². The number of benzene rings is 3. The number of amides is 1. The van der Waals surface area contributed by atoms with Crippen LogP contribution in [-0.4, -0.2) is 57.4 Å². The minimum absolute atomic E-state index is 0.0812. The number of nitrogens with zero attached hydrogens (tertiary/aromatic N) is 2. The molecule has 1 saturated heterocycles. The molecule has 0 bridgehead atoms. The number of sulfonamides is 1. The molecule has 0 aromatic heterocycles. The van der Waals surface area contributed by atoms with E-state index in [1.807, 2.05) is 4.90 Å². The maximum atomic E-state index is 13.0. The van der Waals surface area contributed by atoms with Crippen molar-refractivity contribution in [2.24, 2.45) is 0 Å². The first-order valence-corrected chi connectivity index (χ1v) is 12.7. The van der Waals surface area contributed by atoms with Crippen molar-refractivity contribution >= 4 is 21.6 Å². The fourth-order valence-electron chi connectivity index (χ4n) is 4.01. The fourth-order valence-corrected chi connectivity index (χ4v) is 5.07. The first-order chi connectivity index (χ1) is 16.3. The van der Waals surface area contributed by atoms with E-state index in [1.54, 1.807) is 43.5 Å². The largest absolute Gasteiger partial charge is 0.497 e. The molecule has 1 fully saturated rings. The molecule has 0 aliphatic carbocycles. The maximum Gasteiger partial charge on any atom is 0.261 e. The standard InChI is InChI=1S/C26H29N3O4S/c1-20-4-3-5-21(18-20)19-28-14-16-29(17-15-28)26(30)22-6-12-25(13-7-22)34(31,32)27-23-8-10-24(33-2)11-9-23/h3-13,18,27H,14-17,19H2,1-2H3. The normalized spacial score (nSPS) is 14.6. The molecule has 0 radical (unpaired) electrons. The van der Waals surface area contributed by atoms with Gasteiger partial charge in [-0.2, -0.15) is 0 Å². The monoisotopic (exact) mass is 479 g/mol. The molecule has 7 nitrogen and oxygen atoms in total. The summed E-state index contributed by atoms with van der Waals surface area (Å²) in [6.07, 6.45) is 0. The van der Waals surface area contributed by atoms with Crippen molar-refractivity contribution < 1.29 is 17.9 Å². The highest BCUT2D eigenvalue weighted by Crippen LogP contribution is 2.20. The zero-order chi connectivity index (χ0) is 24.1. The van der Waals surface area contributed by atoms with Crippen molar-refractivity contribution in [1.82, 2.24) is 9.80 Å². The predicted molar refractivity (Wildman–Crippen MR) is 133 cm³/mol. The average Bonchev–Trinajstić information content (AvgIpc) is 2.84. The smallest absolute Gasteiger partial charge is 0.261 e. The van der Waals surface area contributed by atoms with Crippen LogP contribution in [0.4, 0.5) is 5.69 Å². The Kier molecular flexibility index (Phi) is 7.19. The van der Waals surface area contributed by atoms with Crippen molar-refractivity contribution in [2.45, 2.75) is 18.4 Å². The summed E-state index contributed by atoms with van der Waals surface area (Å²) in [5.74, 6) is 0.559. The van der Waals surface area contributed by atoms with Gasteiger partial charge in [-0.1, -0.05) is 29.8 Å². The zero-order valence-electron chi connectivity index (χ0n) is 19.4. The number of carbonyl (C=O) groups is 1. The summed E-state index contributed by atoms with van der Waals surface area (Å²) in [6.45, 7) is 5.85. The number of piperazine rings is 1. The van der Waals surface area contributed by atoms with Gasteiger partial charge >= 0.3 is 0 Å². The second kappa shape index (κ2) is 10.3. The zero-order valence-corrected chi connectivity index (χ0v) is 20.2. The van der Waals surface area contributed by atoms with Crippen LogP contribution in [0.3, 0.4) is 0 Å². The summed E-state index contributed by atoms with van der Waals surface area (Å²) in [6, 6.07) is 21.2. The molecular weight excluding hydrogens is 450 g/mol. The predicted octanol–water partition coefficient (Wildman–Crippen LogP) is 3.76. The summed E-state index contributed by atoms with van der Waals surface area (Å²) in [5, 5.41) is 0. The molecule has 0 unspecified atom stereocenters. The van der Waals surface area contributed by atoms with E-state index in [-0.39, 0.29) is 10.8 Å². The van der Waals surface area contributed by atoms with E-state index < -0.39 is 10.0 Å². The van der Waals surface area contributed by atoms with Gasteiger partial charge in [0.2, 0.25) is 0 Å². The van der Waals surface area contributed by atoms with Crippen LogP contribution < -0.4 is 9.46 Å². The van der Waals surface area contributed by atoms with Gasteiger partial charge in [-0.15, -0.1) is 0 Å². The number of nitrogens with one attached hydrogen (secondary N) is 1. The van der Waals surface area contributed by atoms with Crippen LogP contribution in [0.25, 0.3) is 0 Å². The van der Waals surface area contributed by atoms with E-state index in [0.717, 1.165) is 19.6 Å². The molecule has 178 valence electrons. The minimum atomic E-state index is -3.76. The Bertz CT molecular complexity index is 1230. The Morgan fingerprint density at radius 3 is 2.24 bits per heavy atom. The molecule has 3 aromatic rings. The SMILES string of the molecule is COc1ccc(NS(=O)(=O)c2ccc(C(=O)N3CCN(Cc4cccc(C)c4)CC3)cc2)cc1. The van der Waals surface area contributed by atoms with Crippen LogP contribution in [-0.2, 0) is 16.6 Å². The second-order valence-corrected chi connectivity index (χ2v) is 10.1. The van der Waals surface area contributed by atoms with Crippen LogP contribution in [0.2, 0.25) is 0 Å². The minimum Gasteiger partial charge on any atom is -0.497 e. The topological polar surface area (TPSA) is 78.9 Å². The highest BCUT2D eigenvalue weighted by atomic mass is 32.2. The number of carbonyl (C=O) groups excluding carboxylic acids is 1. The number of aryl methyl sites for hydroxylation is 1. The van der Waals surface area contributed by atoms with Gasteiger partial charge in [-0.3, -0.25) is 14.4 Å². The van der Waals surface area contributed by atoms with Crippen LogP contribution in [0.1, 0.15) is 21.5 Å². The van der Waals surface area contributed by atoms with Crippen molar-refractivity contribution in [3.63, 3.8) is 0 Å². The quantitative estimate of drug-likeness (QED) is 0.558. The number of ether oxygens (including phenoxy) is 1. The molecule has 1 amide bonds. The van der Waals surface area contributed by atoms with E-state index in [4.69, 9.17) is 4.74 Å². The summed E-state index contributed by atoms with van der Waals surface area (Å²) in [4.78, 5) is 17.2. The lowest BCUT2D eigenvalue weighted by Gasteiger charge is -2.34. The molecule has 34 heavy (non-hydrogen) atoms. The lowest BCUT2D eigenvalue weighted by Crippen LogP contribution is -2.48. The second-order valence-electron chi connectivity index (χ2n) is 8.42. The Morgan fingerprint density at radius 2 is 1.62 bits per heavy atom. The van der Waals surface area contributed by atoms with Gasteiger partial charge < -0.3 is 9.64 Å². The Hall–Kier alpha value is -3.36. The summed E-state index contributed by atoms with van der Waals surface area (Å²) in [5.41, 5.74) is 3.44. The van der Waals surface area contributed by atoms with Crippen molar-refractivity contribution in [3.8, 4) is 5.75 Å². The van der Waals surface area contributed by atoms with Gasteiger partial charge in [0.05, 0.1) is 12.0 Å². The van der Waals surface area contributed by atoms with Crippen molar-refractivity contribution in [1.29, 1.82) is 0 Å². The average molecular weight is 480 g/mol. The summed E-state index contributed by atoms with van der Waals surface area (Å²) in [7, 11) is -2.21. The molecule has 1 N–H and O–H groups in total. The summed E-state index contributed by atoms with van der Waals surface area (Å²) < 4.78 is 33.0. The Morgan fingerprint density at radius 1 is 0.941 bits per heavy atom. The number of rotatable bonds is 7. The molecule has 1 aliphatic rings. The first kappa shape index (κ1) is 23.8. The van der Waals surface area contributed by atoms with Crippen LogP contribution >= 0.6 is 0 Å².